The van der Waals surface area contributed by atoms with Crippen LogP contribution in [-0.2, 0) is 0 Å². The predicted molar refractivity (Wildman–Crippen MR) is 109 cm³/mol. The first-order valence-electron chi connectivity index (χ1n) is 8.64. The second-order valence-electron chi connectivity index (χ2n) is 5.51. The summed E-state index contributed by atoms with van der Waals surface area (Å²) in [5.41, 5.74) is 4.73. The smallest absolute Gasteiger partial charge is 0.216 e. The predicted octanol–water partition coefficient (Wildman–Crippen LogP) is 3.98. The molecule has 8 heteroatoms. The summed E-state index contributed by atoms with van der Waals surface area (Å²) in [5.74, 6) is 2.27. The molecular formula is C19H21N5O2S. The molecule has 0 aliphatic rings. The van der Waals surface area contributed by atoms with Crippen LogP contribution in [0.15, 0.2) is 53.6 Å². The molecule has 0 aliphatic carbocycles. The summed E-state index contributed by atoms with van der Waals surface area (Å²) in [6.45, 7) is 5.17. The number of hydrogen-bond acceptors (Lipinski definition) is 6. The van der Waals surface area contributed by atoms with Gasteiger partial charge in [-0.25, -0.2) is 10.6 Å². The lowest BCUT2D eigenvalue weighted by molar-refractivity contribution is 0.340. The van der Waals surface area contributed by atoms with E-state index in [1.165, 1.54) is 0 Å². The molecule has 0 aliphatic heterocycles. The zero-order valence-corrected chi connectivity index (χ0v) is 16.0. The number of benzene rings is 2. The van der Waals surface area contributed by atoms with Crippen LogP contribution in [0.4, 0.5) is 0 Å². The lowest BCUT2D eigenvalue weighted by Gasteiger charge is -2.07. The Morgan fingerprint density at radius 3 is 2.22 bits per heavy atom. The number of nitrogens with zero attached hydrogens (tertiary/aromatic N) is 3. The molecule has 140 valence electrons. The second-order valence-corrected chi connectivity index (χ2v) is 5.89. The minimum atomic E-state index is 0.419. The van der Waals surface area contributed by atoms with Gasteiger partial charge in [-0.2, -0.15) is 14.9 Å². The molecule has 0 bridgehead atoms. The number of ether oxygens (including phenoxy) is 2. The molecule has 0 saturated heterocycles. The Labute approximate surface area is 162 Å². The van der Waals surface area contributed by atoms with E-state index in [0.717, 1.165) is 22.6 Å². The topological polar surface area (TPSA) is 76.5 Å². The normalized spacial score (nSPS) is 10.9. The quantitative estimate of drug-likeness (QED) is 0.349. The molecule has 7 nitrogen and oxygen atoms in total. The van der Waals surface area contributed by atoms with Crippen LogP contribution in [0.5, 0.6) is 11.5 Å². The fraction of sp³-hybridized carbons (Fsp3) is 0.211. The molecule has 0 amide bonds. The van der Waals surface area contributed by atoms with Gasteiger partial charge in [0.25, 0.3) is 0 Å². The standard InChI is InChI=1S/C19H21N5O2S/c1-3-25-16-9-5-14(6-10-16)13-20-23-24-18(21-22-19(24)27)15-7-11-17(12-8-15)26-4-2/h5-13,23H,3-4H2,1-2H3,(H,22,27)/b20-13-. The first kappa shape index (κ1) is 18.7. The zero-order valence-electron chi connectivity index (χ0n) is 15.2. The fourth-order valence-corrected chi connectivity index (χ4v) is 2.60. The van der Waals surface area contributed by atoms with Crippen molar-refractivity contribution in [3.05, 3.63) is 58.9 Å². The van der Waals surface area contributed by atoms with Gasteiger partial charge in [0.05, 0.1) is 19.4 Å². The van der Waals surface area contributed by atoms with Crippen LogP contribution in [0, 0.1) is 4.77 Å². The number of nitrogens with one attached hydrogen (secondary N) is 2. The minimum absolute atomic E-state index is 0.419. The van der Waals surface area contributed by atoms with Crippen LogP contribution in [0.25, 0.3) is 11.4 Å². The molecule has 2 N–H and O–H groups in total. The van der Waals surface area contributed by atoms with Gasteiger partial charge in [-0.15, -0.1) is 0 Å². The number of H-pyrrole nitrogens is 1. The number of rotatable bonds is 8. The molecular weight excluding hydrogens is 362 g/mol. The monoisotopic (exact) mass is 383 g/mol. The van der Waals surface area contributed by atoms with E-state index in [9.17, 15) is 0 Å². The molecule has 0 fully saturated rings. The summed E-state index contributed by atoms with van der Waals surface area (Å²) < 4.78 is 12.9. The van der Waals surface area contributed by atoms with Crippen LogP contribution in [-0.4, -0.2) is 34.3 Å². The number of hydrogen-bond donors (Lipinski definition) is 2. The minimum Gasteiger partial charge on any atom is -0.494 e. The van der Waals surface area contributed by atoms with Crippen LogP contribution in [0.2, 0.25) is 0 Å². The van der Waals surface area contributed by atoms with Crippen LogP contribution < -0.4 is 15.0 Å². The third-order valence-electron chi connectivity index (χ3n) is 3.66. The van der Waals surface area contributed by atoms with Crippen molar-refractivity contribution in [3.63, 3.8) is 0 Å². The van der Waals surface area contributed by atoms with E-state index < -0.39 is 0 Å². The molecule has 3 rings (SSSR count). The maximum atomic E-state index is 5.47. The molecule has 1 aromatic heterocycles. The first-order valence-corrected chi connectivity index (χ1v) is 9.04. The Kier molecular flexibility index (Phi) is 6.22. The zero-order chi connectivity index (χ0) is 19.1. The highest BCUT2D eigenvalue weighted by Gasteiger charge is 2.08. The number of aromatic nitrogens is 3. The third-order valence-corrected chi connectivity index (χ3v) is 3.93. The Bertz CT molecular complexity index is 945. The molecule has 0 saturated carbocycles. The molecule has 0 unspecified atom stereocenters. The van der Waals surface area contributed by atoms with Gasteiger partial charge >= 0.3 is 0 Å². The van der Waals surface area contributed by atoms with Crippen molar-refractivity contribution in [2.45, 2.75) is 13.8 Å². The van der Waals surface area contributed by atoms with Crippen molar-refractivity contribution in [3.8, 4) is 22.9 Å². The Morgan fingerprint density at radius 2 is 1.63 bits per heavy atom. The molecule has 0 spiro atoms. The van der Waals surface area contributed by atoms with Gasteiger partial charge < -0.3 is 9.47 Å². The highest BCUT2D eigenvalue weighted by Crippen LogP contribution is 2.20. The number of aromatic amines is 1. The van der Waals surface area contributed by atoms with E-state index in [-0.39, 0.29) is 0 Å². The average molecular weight is 383 g/mol. The third kappa shape index (κ3) is 4.73. The summed E-state index contributed by atoms with van der Waals surface area (Å²) >= 11 is 5.28. The maximum Gasteiger partial charge on any atom is 0.216 e. The molecule has 3 aromatic rings. The average Bonchev–Trinajstić information content (AvgIpc) is 3.05. The Hall–Kier alpha value is -3.13. The van der Waals surface area contributed by atoms with Crippen molar-refractivity contribution in [2.75, 3.05) is 18.7 Å². The van der Waals surface area contributed by atoms with Gasteiger partial charge in [0.2, 0.25) is 4.77 Å². The van der Waals surface area contributed by atoms with Crippen LogP contribution in [0.3, 0.4) is 0 Å². The van der Waals surface area contributed by atoms with Crippen molar-refractivity contribution in [1.82, 2.24) is 14.9 Å². The van der Waals surface area contributed by atoms with Gasteiger partial charge in [-0.3, -0.25) is 0 Å². The summed E-state index contributed by atoms with van der Waals surface area (Å²) in [7, 11) is 0. The van der Waals surface area contributed by atoms with Gasteiger partial charge in [0.15, 0.2) is 5.82 Å². The highest BCUT2D eigenvalue weighted by atomic mass is 32.1. The van der Waals surface area contributed by atoms with Gasteiger partial charge in [-0.05, 0) is 80.2 Å². The van der Waals surface area contributed by atoms with Crippen molar-refractivity contribution in [1.29, 1.82) is 0 Å². The second kappa shape index (κ2) is 9.00. The van der Waals surface area contributed by atoms with E-state index >= 15 is 0 Å². The molecule has 27 heavy (non-hydrogen) atoms. The Morgan fingerprint density at radius 1 is 1.04 bits per heavy atom. The first-order chi connectivity index (χ1) is 13.2. The van der Waals surface area contributed by atoms with E-state index in [0.29, 0.717) is 23.8 Å². The van der Waals surface area contributed by atoms with E-state index in [4.69, 9.17) is 21.7 Å². The largest absolute Gasteiger partial charge is 0.494 e. The van der Waals surface area contributed by atoms with Crippen molar-refractivity contribution >= 4 is 18.4 Å². The highest BCUT2D eigenvalue weighted by molar-refractivity contribution is 7.71. The summed E-state index contributed by atoms with van der Waals surface area (Å²) in [5, 5.41) is 11.3. The van der Waals surface area contributed by atoms with E-state index in [1.54, 1.807) is 10.9 Å². The van der Waals surface area contributed by atoms with Crippen LogP contribution in [0.1, 0.15) is 19.4 Å². The number of hydrazone groups is 1. The van der Waals surface area contributed by atoms with Gasteiger partial charge in [0, 0.05) is 5.56 Å². The van der Waals surface area contributed by atoms with Gasteiger partial charge in [-0.1, -0.05) is 0 Å². The lowest BCUT2D eigenvalue weighted by atomic mass is 10.2. The molecule has 1 heterocycles. The van der Waals surface area contributed by atoms with Gasteiger partial charge in [0.1, 0.15) is 11.5 Å². The summed E-state index contributed by atoms with van der Waals surface area (Å²) in [6, 6.07) is 15.3. The van der Waals surface area contributed by atoms with Crippen LogP contribution >= 0.6 is 12.2 Å². The van der Waals surface area contributed by atoms with Crippen molar-refractivity contribution < 1.29 is 9.47 Å². The van der Waals surface area contributed by atoms with E-state index in [1.807, 2.05) is 62.4 Å². The maximum absolute atomic E-state index is 5.47. The fourth-order valence-electron chi connectivity index (χ4n) is 2.43. The van der Waals surface area contributed by atoms with Crippen molar-refractivity contribution in [2.24, 2.45) is 5.10 Å². The summed E-state index contributed by atoms with van der Waals surface area (Å²) in [4.78, 5) is 0. The lowest BCUT2D eigenvalue weighted by Crippen LogP contribution is -2.10. The summed E-state index contributed by atoms with van der Waals surface area (Å²) in [6.07, 6.45) is 1.70. The molecule has 0 radical (unpaired) electrons. The van der Waals surface area contributed by atoms with E-state index in [2.05, 4.69) is 20.8 Å². The molecule has 2 aromatic carbocycles. The Balaban J connectivity index is 1.73. The molecule has 0 atom stereocenters. The SMILES string of the molecule is CCOc1ccc(/C=N\Nn2c(-c3ccc(OCC)cc3)n[nH]c2=S)cc1.